The molecule has 0 atom stereocenters. The lowest BCUT2D eigenvalue weighted by molar-refractivity contribution is -0.134. The van der Waals surface area contributed by atoms with Crippen molar-refractivity contribution in [3.05, 3.63) is 0 Å². The zero-order valence-electron chi connectivity index (χ0n) is 15.2. The van der Waals surface area contributed by atoms with Gasteiger partial charge in [-0.3, -0.25) is 14.4 Å². The van der Waals surface area contributed by atoms with Crippen LogP contribution >= 0.6 is 56.9 Å². The molecule has 0 aromatic rings. The molecule has 0 aromatic carbocycles. The number of hydrogen-bond donors (Lipinski definition) is 5. The predicted octanol–water partition coefficient (Wildman–Crippen LogP) is 1.62. The van der Waals surface area contributed by atoms with Gasteiger partial charge in [0, 0.05) is 5.08 Å². The molecule has 0 amide bonds. The first kappa shape index (κ1) is 32.7. The summed E-state index contributed by atoms with van der Waals surface area (Å²) >= 11 is 4.17. The summed E-state index contributed by atoms with van der Waals surface area (Å²) in [6.45, 7) is 1.34. The Morgan fingerprint density at radius 1 is 0.714 bits per heavy atom. The van der Waals surface area contributed by atoms with Crippen LogP contribution in [0.1, 0.15) is 6.92 Å². The minimum absolute atomic E-state index is 0.0550. The zero-order chi connectivity index (χ0) is 22.0. The minimum atomic E-state index is -0.846. The van der Waals surface area contributed by atoms with Gasteiger partial charge in [0.2, 0.25) is 0 Å². The molecule has 0 aromatic heterocycles. The molecule has 168 valence electrons. The number of carbonyl (C=O) groups is 3. The molecule has 0 saturated carbocycles. The van der Waals surface area contributed by atoms with Crippen LogP contribution in [-0.2, 0) is 23.9 Å². The fraction of sp³-hybridized carbons (Fsp3) is 0.769. The maximum absolute atomic E-state index is 9.99. The summed E-state index contributed by atoms with van der Waals surface area (Å²) in [6.07, 6.45) is 0. The Morgan fingerprint density at radius 2 is 1.21 bits per heavy atom. The molecule has 15 heteroatoms. The van der Waals surface area contributed by atoms with Crippen molar-refractivity contribution in [3.63, 3.8) is 0 Å². The Morgan fingerprint density at radius 3 is 1.64 bits per heavy atom. The molecule has 0 heterocycles. The molecule has 0 unspecified atom stereocenters. The summed E-state index contributed by atoms with van der Waals surface area (Å²) in [5, 5.41) is 41.3. The van der Waals surface area contributed by atoms with Gasteiger partial charge in [0.25, 0.3) is 0 Å². The van der Waals surface area contributed by atoms with Crippen molar-refractivity contribution in [1.29, 1.82) is 0 Å². The van der Waals surface area contributed by atoms with Crippen molar-refractivity contribution >= 4 is 74.8 Å². The summed E-state index contributed by atoms with van der Waals surface area (Å²) in [4.78, 5) is 29.6. The SMILES string of the molecule is CCSCC(=O)O.O=C(O)CSCSCOCO.O=C(O)CSSCOCO. The molecule has 5 N–H and O–H groups in total. The van der Waals surface area contributed by atoms with E-state index in [1.807, 2.05) is 6.92 Å². The molecule has 0 radical (unpaired) electrons. The maximum atomic E-state index is 9.99. The summed E-state index contributed by atoms with van der Waals surface area (Å²) in [5.41, 5.74) is 0. The number of aliphatic hydroxyl groups is 2. The summed E-state index contributed by atoms with van der Waals surface area (Å²) in [6, 6.07) is 0. The molecule has 0 fully saturated rings. The van der Waals surface area contributed by atoms with E-state index in [2.05, 4.69) is 9.47 Å². The van der Waals surface area contributed by atoms with Gasteiger partial charge in [0.1, 0.15) is 25.3 Å². The van der Waals surface area contributed by atoms with Crippen molar-refractivity contribution in [1.82, 2.24) is 0 Å². The van der Waals surface area contributed by atoms with E-state index in [9.17, 15) is 14.4 Å². The number of rotatable bonds is 16. The Bertz CT molecular complexity index is 376. The van der Waals surface area contributed by atoms with Crippen molar-refractivity contribution in [2.24, 2.45) is 0 Å². The van der Waals surface area contributed by atoms with E-state index in [0.29, 0.717) is 17.0 Å². The second kappa shape index (κ2) is 29.2. The second-order valence-electron chi connectivity index (χ2n) is 3.77. The molecule has 0 spiro atoms. The molecule has 0 rings (SSSR count). The standard InChI is InChI=1S/C5H10O4S2.C4H8O4S2.C4H8O2S/c6-2-9-3-11-4-10-1-5(7)8;5-2-8-3-10-9-1-4(6)7;1-2-7-3-4(5)6/h6H,1-4H2,(H,7,8);5H,1-3H2,(H,6,7);2-3H2,1H3,(H,5,6). The summed E-state index contributed by atoms with van der Waals surface area (Å²) < 4.78 is 9.12. The van der Waals surface area contributed by atoms with Crippen LogP contribution in [0, 0.1) is 0 Å². The fourth-order valence-electron chi connectivity index (χ4n) is 0.705. The Balaban J connectivity index is -0.000000343. The van der Waals surface area contributed by atoms with Gasteiger partial charge in [-0.1, -0.05) is 28.5 Å². The molecular formula is C13H26O10S5. The highest BCUT2D eigenvalue weighted by Crippen LogP contribution is 2.20. The number of carboxylic acid groups (broad SMARTS) is 3. The first-order valence-electron chi connectivity index (χ1n) is 7.31. The van der Waals surface area contributed by atoms with E-state index in [1.54, 1.807) is 0 Å². The first-order chi connectivity index (χ1) is 13.3. The van der Waals surface area contributed by atoms with Crippen LogP contribution in [0.4, 0.5) is 0 Å². The second-order valence-corrected chi connectivity index (χ2v) is 9.74. The van der Waals surface area contributed by atoms with E-state index in [4.69, 9.17) is 25.5 Å². The van der Waals surface area contributed by atoms with Crippen LogP contribution in [0.3, 0.4) is 0 Å². The van der Waals surface area contributed by atoms with Crippen LogP contribution in [0.5, 0.6) is 0 Å². The van der Waals surface area contributed by atoms with Crippen molar-refractivity contribution in [2.75, 3.05) is 53.6 Å². The Hall–Kier alpha value is -0.000000000000000153. The largest absolute Gasteiger partial charge is 0.481 e. The number of thioether (sulfide) groups is 3. The lowest BCUT2D eigenvalue weighted by Crippen LogP contribution is -1.98. The van der Waals surface area contributed by atoms with Crippen LogP contribution in [0.15, 0.2) is 0 Å². The number of ether oxygens (including phenoxy) is 2. The monoisotopic (exact) mass is 502 g/mol. The highest BCUT2D eigenvalue weighted by atomic mass is 33.1. The average molecular weight is 503 g/mol. The minimum Gasteiger partial charge on any atom is -0.481 e. The van der Waals surface area contributed by atoms with E-state index in [1.165, 1.54) is 56.9 Å². The van der Waals surface area contributed by atoms with Crippen molar-refractivity contribution in [3.8, 4) is 0 Å². The average Bonchev–Trinajstić information content (AvgIpc) is 2.63. The van der Waals surface area contributed by atoms with Gasteiger partial charge < -0.3 is 35.0 Å². The molecule has 0 saturated heterocycles. The normalized spacial score (nSPS) is 9.54. The zero-order valence-corrected chi connectivity index (χ0v) is 19.3. The number of aliphatic hydroxyl groups excluding tert-OH is 2. The molecular weight excluding hydrogens is 476 g/mol. The van der Waals surface area contributed by atoms with Crippen LogP contribution in [0.25, 0.3) is 0 Å². The van der Waals surface area contributed by atoms with Gasteiger partial charge in [-0.25, -0.2) is 0 Å². The van der Waals surface area contributed by atoms with E-state index >= 15 is 0 Å². The van der Waals surface area contributed by atoms with E-state index < -0.39 is 17.9 Å². The maximum Gasteiger partial charge on any atom is 0.314 e. The Labute approximate surface area is 184 Å². The van der Waals surface area contributed by atoms with Gasteiger partial charge in [0.05, 0.1) is 17.4 Å². The number of carboxylic acids is 3. The van der Waals surface area contributed by atoms with Crippen LogP contribution in [0.2, 0.25) is 0 Å². The van der Waals surface area contributed by atoms with Gasteiger partial charge >= 0.3 is 17.9 Å². The summed E-state index contributed by atoms with van der Waals surface area (Å²) in [5.74, 6) is -0.376. The number of aliphatic carboxylic acids is 3. The first-order valence-corrected chi connectivity index (χ1v) is 13.3. The third kappa shape index (κ3) is 45.0. The predicted molar refractivity (Wildman–Crippen MR) is 117 cm³/mol. The molecule has 0 aliphatic carbocycles. The van der Waals surface area contributed by atoms with Gasteiger partial charge in [-0.15, -0.1) is 23.5 Å². The van der Waals surface area contributed by atoms with Crippen molar-refractivity contribution in [2.45, 2.75) is 6.92 Å². The molecule has 28 heavy (non-hydrogen) atoms. The quantitative estimate of drug-likeness (QED) is 0.117. The van der Waals surface area contributed by atoms with Gasteiger partial charge in [-0.05, 0) is 5.75 Å². The van der Waals surface area contributed by atoms with Crippen molar-refractivity contribution < 1.29 is 49.4 Å². The third-order valence-corrected chi connectivity index (χ3v) is 6.48. The lowest BCUT2D eigenvalue weighted by Gasteiger charge is -1.98. The van der Waals surface area contributed by atoms with E-state index in [0.717, 1.165) is 5.75 Å². The highest BCUT2D eigenvalue weighted by Gasteiger charge is 1.96. The number of hydrogen-bond acceptors (Lipinski definition) is 12. The smallest absolute Gasteiger partial charge is 0.314 e. The van der Waals surface area contributed by atoms with Crippen LogP contribution in [-0.4, -0.2) is 97.0 Å². The fourth-order valence-corrected chi connectivity index (χ4v) is 3.88. The third-order valence-electron chi connectivity index (χ3n) is 1.57. The topological polar surface area (TPSA) is 171 Å². The molecule has 0 bridgehead atoms. The molecule has 0 aliphatic rings. The highest BCUT2D eigenvalue weighted by molar-refractivity contribution is 8.76. The summed E-state index contributed by atoms with van der Waals surface area (Å²) in [7, 11) is 2.44. The van der Waals surface area contributed by atoms with Gasteiger partial charge in [0.15, 0.2) is 0 Å². The van der Waals surface area contributed by atoms with E-state index in [-0.39, 0.29) is 30.8 Å². The molecule has 0 aliphatic heterocycles. The lowest BCUT2D eigenvalue weighted by atomic mass is 10.8. The van der Waals surface area contributed by atoms with Gasteiger partial charge in [-0.2, -0.15) is 11.8 Å². The Kier molecular flexibility index (Phi) is 34.1. The molecule has 10 nitrogen and oxygen atoms in total. The van der Waals surface area contributed by atoms with Crippen LogP contribution < -0.4 is 0 Å².